The first-order valence-electron chi connectivity index (χ1n) is 10.4. The number of nitrogens with one attached hydrogen (secondary N) is 1. The molecule has 3 atom stereocenters. The maximum absolute atomic E-state index is 12.5. The first-order valence-corrected chi connectivity index (χ1v) is 10.4. The van der Waals surface area contributed by atoms with Crippen molar-refractivity contribution in [2.75, 3.05) is 18.0 Å². The molecule has 1 aliphatic heterocycles. The summed E-state index contributed by atoms with van der Waals surface area (Å²) in [6, 6.07) is 4.45. The Balaban J connectivity index is 1.65. The Labute approximate surface area is 170 Å². The van der Waals surface area contributed by atoms with Crippen LogP contribution in [0, 0.1) is 16.0 Å². The summed E-state index contributed by atoms with van der Waals surface area (Å²) in [5.74, 6) is -0.669. The van der Waals surface area contributed by atoms with Crippen LogP contribution in [0.2, 0.25) is 0 Å². The van der Waals surface area contributed by atoms with Crippen LogP contribution in [0.15, 0.2) is 18.2 Å². The number of rotatable bonds is 6. The lowest BCUT2D eigenvalue weighted by atomic mass is 9.86. The van der Waals surface area contributed by atoms with Crippen LogP contribution in [-0.2, 0) is 9.53 Å². The molecule has 2 fully saturated rings. The van der Waals surface area contributed by atoms with Crippen LogP contribution < -0.4 is 10.2 Å². The van der Waals surface area contributed by atoms with E-state index in [0.29, 0.717) is 11.6 Å². The highest BCUT2D eigenvalue weighted by Crippen LogP contribution is 2.32. The van der Waals surface area contributed by atoms with Gasteiger partial charge in [0, 0.05) is 25.2 Å². The summed E-state index contributed by atoms with van der Waals surface area (Å²) in [5.41, 5.74) is 0.473. The molecule has 29 heavy (non-hydrogen) atoms. The van der Waals surface area contributed by atoms with Gasteiger partial charge in [0.05, 0.1) is 10.5 Å². The van der Waals surface area contributed by atoms with Crippen molar-refractivity contribution in [2.24, 2.45) is 5.92 Å². The molecule has 0 bridgehead atoms. The van der Waals surface area contributed by atoms with E-state index >= 15 is 0 Å². The second-order valence-electron chi connectivity index (χ2n) is 8.08. The lowest BCUT2D eigenvalue weighted by Crippen LogP contribution is -2.46. The van der Waals surface area contributed by atoms with Gasteiger partial charge >= 0.3 is 5.97 Å². The fourth-order valence-corrected chi connectivity index (χ4v) is 4.13. The Morgan fingerprint density at radius 2 is 1.90 bits per heavy atom. The van der Waals surface area contributed by atoms with E-state index in [1.165, 1.54) is 25.5 Å². The zero-order valence-electron chi connectivity index (χ0n) is 17.1. The molecule has 1 amide bonds. The SMILES string of the molecule is C[C@@H](OC(=O)c1ccc(N2CCCC2)c([N+](=O)[O-])c1)C(=O)N[C@H]1CCCC[C@@H]1C. The van der Waals surface area contributed by atoms with Gasteiger partial charge in [0.2, 0.25) is 0 Å². The number of hydrogen-bond acceptors (Lipinski definition) is 6. The maximum atomic E-state index is 12.5. The quantitative estimate of drug-likeness (QED) is 0.443. The van der Waals surface area contributed by atoms with Crippen molar-refractivity contribution in [3.8, 4) is 0 Å². The number of nitro benzene ring substituents is 1. The van der Waals surface area contributed by atoms with E-state index in [0.717, 1.165) is 45.2 Å². The fourth-order valence-electron chi connectivity index (χ4n) is 4.13. The van der Waals surface area contributed by atoms with E-state index in [2.05, 4.69) is 12.2 Å². The first-order chi connectivity index (χ1) is 13.9. The molecule has 1 saturated carbocycles. The normalized spacial score (nSPS) is 22.8. The van der Waals surface area contributed by atoms with Crippen LogP contribution in [-0.4, -0.2) is 42.0 Å². The smallest absolute Gasteiger partial charge is 0.339 e. The third-order valence-electron chi connectivity index (χ3n) is 5.95. The van der Waals surface area contributed by atoms with E-state index in [4.69, 9.17) is 4.74 Å². The minimum Gasteiger partial charge on any atom is -0.449 e. The van der Waals surface area contributed by atoms with Gasteiger partial charge < -0.3 is 15.0 Å². The molecule has 0 radical (unpaired) electrons. The molecule has 1 aliphatic carbocycles. The zero-order valence-corrected chi connectivity index (χ0v) is 17.1. The molecule has 1 aromatic carbocycles. The molecule has 1 heterocycles. The lowest BCUT2D eigenvalue weighted by Gasteiger charge is -2.30. The average molecular weight is 403 g/mol. The van der Waals surface area contributed by atoms with Crippen molar-refractivity contribution in [3.05, 3.63) is 33.9 Å². The lowest BCUT2D eigenvalue weighted by molar-refractivity contribution is -0.384. The second-order valence-corrected chi connectivity index (χ2v) is 8.08. The average Bonchev–Trinajstić information content (AvgIpc) is 3.23. The van der Waals surface area contributed by atoms with Gasteiger partial charge in [-0.25, -0.2) is 4.79 Å². The second kappa shape index (κ2) is 9.24. The highest BCUT2D eigenvalue weighted by Gasteiger charge is 2.28. The third kappa shape index (κ3) is 5.05. The van der Waals surface area contributed by atoms with E-state index in [1.54, 1.807) is 6.07 Å². The van der Waals surface area contributed by atoms with Crippen LogP contribution in [0.4, 0.5) is 11.4 Å². The highest BCUT2D eigenvalue weighted by molar-refractivity contribution is 5.93. The highest BCUT2D eigenvalue weighted by atomic mass is 16.6. The fraction of sp³-hybridized carbons (Fsp3) is 0.619. The van der Waals surface area contributed by atoms with Crippen molar-refractivity contribution < 1.29 is 19.2 Å². The van der Waals surface area contributed by atoms with Crippen LogP contribution >= 0.6 is 0 Å². The van der Waals surface area contributed by atoms with Gasteiger partial charge in [-0.15, -0.1) is 0 Å². The van der Waals surface area contributed by atoms with Crippen molar-refractivity contribution >= 4 is 23.3 Å². The summed E-state index contributed by atoms with van der Waals surface area (Å²) in [6.45, 7) is 5.17. The summed E-state index contributed by atoms with van der Waals surface area (Å²) >= 11 is 0. The number of hydrogen-bond donors (Lipinski definition) is 1. The Kier molecular flexibility index (Phi) is 6.71. The van der Waals surface area contributed by atoms with Gasteiger partial charge in [0.1, 0.15) is 5.69 Å². The van der Waals surface area contributed by atoms with E-state index in [9.17, 15) is 19.7 Å². The van der Waals surface area contributed by atoms with Gasteiger partial charge in [-0.1, -0.05) is 19.8 Å². The Hall–Kier alpha value is -2.64. The number of nitrogens with zero attached hydrogens (tertiary/aromatic N) is 2. The number of anilines is 1. The molecule has 2 aliphatic rings. The van der Waals surface area contributed by atoms with Gasteiger partial charge in [-0.05, 0) is 50.7 Å². The Bertz CT molecular complexity index is 776. The third-order valence-corrected chi connectivity index (χ3v) is 5.95. The molecule has 1 saturated heterocycles. The van der Waals surface area contributed by atoms with Gasteiger partial charge in [-0.2, -0.15) is 0 Å². The van der Waals surface area contributed by atoms with Crippen molar-refractivity contribution in [2.45, 2.75) is 64.5 Å². The molecule has 0 unspecified atom stereocenters. The minimum atomic E-state index is -0.964. The topological polar surface area (TPSA) is 102 Å². The summed E-state index contributed by atoms with van der Waals surface area (Å²) in [4.78, 5) is 37.9. The molecule has 3 rings (SSSR count). The Morgan fingerprint density at radius 1 is 1.21 bits per heavy atom. The molecule has 8 nitrogen and oxygen atoms in total. The molecule has 1 N–H and O–H groups in total. The van der Waals surface area contributed by atoms with E-state index in [1.807, 2.05) is 4.90 Å². The number of amides is 1. The molecule has 0 spiro atoms. The van der Waals surface area contributed by atoms with Crippen LogP contribution in [0.25, 0.3) is 0 Å². The number of carbonyl (C=O) groups is 2. The number of ether oxygens (including phenoxy) is 1. The maximum Gasteiger partial charge on any atom is 0.339 e. The van der Waals surface area contributed by atoms with Gasteiger partial charge in [-0.3, -0.25) is 14.9 Å². The summed E-state index contributed by atoms with van der Waals surface area (Å²) in [7, 11) is 0. The van der Waals surface area contributed by atoms with Crippen LogP contribution in [0.3, 0.4) is 0 Å². The van der Waals surface area contributed by atoms with Crippen molar-refractivity contribution in [1.29, 1.82) is 0 Å². The number of carbonyl (C=O) groups excluding carboxylic acids is 2. The van der Waals surface area contributed by atoms with E-state index in [-0.39, 0.29) is 23.2 Å². The Morgan fingerprint density at radius 3 is 2.55 bits per heavy atom. The standard InChI is InChI=1S/C21H29N3O5/c1-14-7-3-4-8-17(14)22-20(25)15(2)29-21(26)16-9-10-18(19(13-16)24(27)28)23-11-5-6-12-23/h9-10,13-15,17H,3-8,11-12H2,1-2H3,(H,22,25)/t14-,15+,17-/m0/s1. The van der Waals surface area contributed by atoms with Gasteiger partial charge in [0.25, 0.3) is 11.6 Å². The molecular formula is C21H29N3O5. The van der Waals surface area contributed by atoms with Crippen molar-refractivity contribution in [1.82, 2.24) is 5.32 Å². The largest absolute Gasteiger partial charge is 0.449 e. The molecule has 158 valence electrons. The first kappa shape index (κ1) is 21.1. The monoisotopic (exact) mass is 403 g/mol. The molecule has 0 aromatic heterocycles. The summed E-state index contributed by atoms with van der Waals surface area (Å²) in [5, 5.41) is 14.5. The van der Waals surface area contributed by atoms with Crippen molar-refractivity contribution in [3.63, 3.8) is 0 Å². The zero-order chi connectivity index (χ0) is 21.0. The number of nitro groups is 1. The predicted octanol–water partition coefficient (Wildman–Crippen LogP) is 3.44. The van der Waals surface area contributed by atoms with Gasteiger partial charge in [0.15, 0.2) is 6.10 Å². The molecule has 1 aromatic rings. The minimum absolute atomic E-state index is 0.0744. The summed E-state index contributed by atoms with van der Waals surface area (Å²) < 4.78 is 5.29. The summed E-state index contributed by atoms with van der Waals surface area (Å²) in [6.07, 6.45) is 5.28. The molecule has 8 heteroatoms. The number of benzene rings is 1. The predicted molar refractivity (Wildman–Crippen MR) is 109 cm³/mol. The number of esters is 1. The van der Waals surface area contributed by atoms with E-state index < -0.39 is 17.0 Å². The van der Waals surface area contributed by atoms with Crippen LogP contribution in [0.5, 0.6) is 0 Å². The van der Waals surface area contributed by atoms with Crippen LogP contribution in [0.1, 0.15) is 62.7 Å². The molecular weight excluding hydrogens is 374 g/mol.